The number of hydrogen-bond acceptors (Lipinski definition) is 1. The Morgan fingerprint density at radius 3 is 2.73 bits per heavy atom. The molecule has 0 atom stereocenters. The largest absolute Gasteiger partial charge is 0.323 e. The van der Waals surface area contributed by atoms with Gasteiger partial charge < -0.3 is 9.97 Å². The van der Waals surface area contributed by atoms with Crippen molar-refractivity contribution in [2.45, 2.75) is 26.7 Å². The third-order valence-electron chi connectivity index (χ3n) is 1.64. The minimum atomic E-state index is -0.108. The van der Waals surface area contributed by atoms with Gasteiger partial charge in [-0.25, -0.2) is 4.79 Å². The molecule has 1 aromatic heterocycles. The van der Waals surface area contributed by atoms with Crippen LogP contribution in [0.2, 0.25) is 0 Å². The summed E-state index contributed by atoms with van der Waals surface area (Å²) in [7, 11) is 0. The second-order valence-electron chi connectivity index (χ2n) is 3.20. The number of imidazole rings is 1. The Morgan fingerprint density at radius 1 is 1.55 bits per heavy atom. The molecule has 1 heterocycles. The van der Waals surface area contributed by atoms with Crippen LogP contribution in [-0.2, 0) is 6.42 Å². The van der Waals surface area contributed by atoms with Crippen molar-refractivity contribution in [1.29, 1.82) is 0 Å². The Balaban J connectivity index is 2.45. The van der Waals surface area contributed by atoms with E-state index in [1.54, 1.807) is 6.20 Å². The molecule has 11 heavy (non-hydrogen) atoms. The minimum Gasteiger partial charge on any atom is -0.313 e. The Labute approximate surface area is 65.8 Å². The van der Waals surface area contributed by atoms with Crippen molar-refractivity contribution in [2.75, 3.05) is 0 Å². The van der Waals surface area contributed by atoms with Crippen molar-refractivity contribution in [3.63, 3.8) is 0 Å². The zero-order valence-electron chi connectivity index (χ0n) is 6.98. The Kier molecular flexibility index (Phi) is 2.52. The fourth-order valence-electron chi connectivity index (χ4n) is 0.950. The zero-order valence-corrected chi connectivity index (χ0v) is 6.98. The van der Waals surface area contributed by atoms with E-state index in [2.05, 4.69) is 23.8 Å². The fourth-order valence-corrected chi connectivity index (χ4v) is 0.950. The molecule has 2 N–H and O–H groups in total. The molecule has 0 aliphatic heterocycles. The maximum atomic E-state index is 10.6. The SMILES string of the molecule is CC(C)CCc1c[nH]c(=O)[nH]1. The van der Waals surface area contributed by atoms with E-state index in [1.807, 2.05) is 0 Å². The summed E-state index contributed by atoms with van der Waals surface area (Å²) < 4.78 is 0. The monoisotopic (exact) mass is 154 g/mol. The molecule has 0 bridgehead atoms. The quantitative estimate of drug-likeness (QED) is 0.677. The van der Waals surface area contributed by atoms with E-state index in [-0.39, 0.29) is 5.69 Å². The van der Waals surface area contributed by atoms with Crippen LogP contribution >= 0.6 is 0 Å². The van der Waals surface area contributed by atoms with Gasteiger partial charge in [-0.3, -0.25) is 0 Å². The van der Waals surface area contributed by atoms with E-state index < -0.39 is 0 Å². The van der Waals surface area contributed by atoms with E-state index in [1.165, 1.54) is 0 Å². The van der Waals surface area contributed by atoms with Crippen LogP contribution in [0.3, 0.4) is 0 Å². The normalized spacial score (nSPS) is 10.8. The lowest BCUT2D eigenvalue weighted by Gasteiger charge is -2.00. The Bertz CT molecular complexity index is 259. The number of aromatic amines is 2. The van der Waals surface area contributed by atoms with Gasteiger partial charge in [-0.05, 0) is 18.8 Å². The van der Waals surface area contributed by atoms with Crippen LogP contribution in [0, 0.1) is 5.92 Å². The molecule has 0 aliphatic rings. The van der Waals surface area contributed by atoms with Crippen molar-refractivity contribution < 1.29 is 0 Å². The lowest BCUT2D eigenvalue weighted by atomic mass is 10.1. The summed E-state index contributed by atoms with van der Waals surface area (Å²) in [5.41, 5.74) is 0.896. The molecule has 0 aliphatic carbocycles. The Hall–Kier alpha value is -0.990. The average molecular weight is 154 g/mol. The van der Waals surface area contributed by atoms with Gasteiger partial charge in [0.05, 0.1) is 0 Å². The lowest BCUT2D eigenvalue weighted by molar-refractivity contribution is 0.582. The molecule has 0 unspecified atom stereocenters. The van der Waals surface area contributed by atoms with Crippen LogP contribution in [0.4, 0.5) is 0 Å². The van der Waals surface area contributed by atoms with Crippen molar-refractivity contribution in [3.8, 4) is 0 Å². The molecule has 1 rings (SSSR count). The molecular formula is C8H14N2O. The van der Waals surface area contributed by atoms with Crippen molar-refractivity contribution in [2.24, 2.45) is 5.92 Å². The van der Waals surface area contributed by atoms with Gasteiger partial charge >= 0.3 is 5.69 Å². The highest BCUT2D eigenvalue weighted by Crippen LogP contribution is 2.04. The van der Waals surface area contributed by atoms with Crippen LogP contribution in [0.5, 0.6) is 0 Å². The molecule has 0 fully saturated rings. The van der Waals surface area contributed by atoms with Gasteiger partial charge in [0.2, 0.25) is 0 Å². The highest BCUT2D eigenvalue weighted by atomic mass is 16.1. The maximum Gasteiger partial charge on any atom is 0.323 e. The minimum absolute atomic E-state index is 0.108. The number of H-pyrrole nitrogens is 2. The molecular weight excluding hydrogens is 140 g/mol. The summed E-state index contributed by atoms with van der Waals surface area (Å²) in [6.07, 6.45) is 3.81. The fraction of sp³-hybridized carbons (Fsp3) is 0.625. The predicted molar refractivity (Wildman–Crippen MR) is 44.6 cm³/mol. The van der Waals surface area contributed by atoms with E-state index in [0.717, 1.165) is 18.5 Å². The number of aryl methyl sites for hydroxylation is 1. The van der Waals surface area contributed by atoms with E-state index in [9.17, 15) is 4.79 Å². The van der Waals surface area contributed by atoms with Gasteiger partial charge in [-0.2, -0.15) is 0 Å². The van der Waals surface area contributed by atoms with Gasteiger partial charge in [0.15, 0.2) is 0 Å². The first-order valence-electron chi connectivity index (χ1n) is 3.95. The highest BCUT2D eigenvalue weighted by molar-refractivity contribution is 4.94. The van der Waals surface area contributed by atoms with Crippen LogP contribution in [0.1, 0.15) is 26.0 Å². The Morgan fingerprint density at radius 2 is 2.27 bits per heavy atom. The van der Waals surface area contributed by atoms with Gasteiger partial charge in [0.25, 0.3) is 0 Å². The molecule has 1 aromatic rings. The van der Waals surface area contributed by atoms with E-state index in [4.69, 9.17) is 0 Å². The number of aromatic nitrogens is 2. The second kappa shape index (κ2) is 3.42. The second-order valence-corrected chi connectivity index (χ2v) is 3.20. The maximum absolute atomic E-state index is 10.6. The summed E-state index contributed by atoms with van der Waals surface area (Å²) in [6, 6.07) is 0. The van der Waals surface area contributed by atoms with Crippen molar-refractivity contribution in [1.82, 2.24) is 9.97 Å². The van der Waals surface area contributed by atoms with Crippen molar-refractivity contribution in [3.05, 3.63) is 22.4 Å². The van der Waals surface area contributed by atoms with Crippen LogP contribution in [-0.4, -0.2) is 9.97 Å². The summed E-state index contributed by atoms with van der Waals surface area (Å²) in [5, 5.41) is 0. The molecule has 0 radical (unpaired) electrons. The lowest BCUT2D eigenvalue weighted by Crippen LogP contribution is -2.01. The molecule has 3 heteroatoms. The summed E-state index contributed by atoms with van der Waals surface area (Å²) in [5.74, 6) is 0.688. The molecule has 0 amide bonds. The first-order chi connectivity index (χ1) is 5.18. The number of nitrogens with one attached hydrogen (secondary N) is 2. The number of rotatable bonds is 3. The number of hydrogen-bond donors (Lipinski definition) is 2. The third kappa shape index (κ3) is 2.62. The molecule has 3 nitrogen and oxygen atoms in total. The van der Waals surface area contributed by atoms with Gasteiger partial charge in [-0.1, -0.05) is 13.8 Å². The van der Waals surface area contributed by atoms with Crippen LogP contribution in [0.25, 0.3) is 0 Å². The topological polar surface area (TPSA) is 48.6 Å². The molecule has 0 saturated carbocycles. The first-order valence-corrected chi connectivity index (χ1v) is 3.95. The summed E-state index contributed by atoms with van der Waals surface area (Å²) in [6.45, 7) is 4.34. The highest BCUT2D eigenvalue weighted by Gasteiger charge is 1.97. The van der Waals surface area contributed by atoms with Crippen molar-refractivity contribution >= 4 is 0 Å². The molecule has 0 saturated heterocycles. The van der Waals surface area contributed by atoms with Crippen LogP contribution < -0.4 is 5.69 Å². The zero-order chi connectivity index (χ0) is 8.27. The van der Waals surface area contributed by atoms with Gasteiger partial charge in [0.1, 0.15) is 0 Å². The van der Waals surface area contributed by atoms with E-state index >= 15 is 0 Å². The molecule has 0 spiro atoms. The standard InChI is InChI=1S/C8H14N2O/c1-6(2)3-4-7-5-9-8(11)10-7/h5-6H,3-4H2,1-2H3,(H2,9,10,11). The summed E-state index contributed by atoms with van der Waals surface area (Å²) >= 11 is 0. The molecule has 0 aromatic carbocycles. The molecule has 62 valence electrons. The predicted octanol–water partition coefficient (Wildman–Crippen LogP) is 1.29. The third-order valence-corrected chi connectivity index (χ3v) is 1.64. The van der Waals surface area contributed by atoms with Gasteiger partial charge in [0, 0.05) is 11.9 Å². The smallest absolute Gasteiger partial charge is 0.313 e. The van der Waals surface area contributed by atoms with Gasteiger partial charge in [-0.15, -0.1) is 0 Å². The van der Waals surface area contributed by atoms with E-state index in [0.29, 0.717) is 5.92 Å². The summed E-state index contributed by atoms with van der Waals surface area (Å²) in [4.78, 5) is 15.9. The first kappa shape index (κ1) is 8.11. The van der Waals surface area contributed by atoms with Crippen LogP contribution in [0.15, 0.2) is 11.0 Å². The average Bonchev–Trinajstić information content (AvgIpc) is 2.31.